The molecular weight excluding hydrogens is 222 g/mol. The maximum atomic E-state index is 11.8. The van der Waals surface area contributed by atoms with Crippen LogP contribution in [0.1, 0.15) is 21.5 Å². The predicted molar refractivity (Wildman–Crippen MR) is 61.9 cm³/mol. The molecule has 1 rings (SSSR count). The Hall–Kier alpha value is -1.88. The lowest BCUT2D eigenvalue weighted by Crippen LogP contribution is -2.43. The van der Waals surface area contributed by atoms with Crippen LogP contribution in [0.25, 0.3) is 0 Å². The molecule has 0 saturated carbocycles. The third kappa shape index (κ3) is 3.29. The Morgan fingerprint density at radius 3 is 2.53 bits per heavy atom. The summed E-state index contributed by atoms with van der Waals surface area (Å²) in [4.78, 5) is 22.5. The quantitative estimate of drug-likeness (QED) is 0.710. The molecule has 0 heterocycles. The average molecular weight is 237 g/mol. The number of aliphatic carboxylic acids is 1. The number of aliphatic hydroxyl groups is 1. The number of aliphatic hydroxyl groups excluding tert-OH is 1. The number of carbonyl (C=O) groups is 2. The topological polar surface area (TPSA) is 86.6 Å². The van der Waals surface area contributed by atoms with E-state index in [4.69, 9.17) is 10.2 Å². The zero-order valence-corrected chi connectivity index (χ0v) is 9.73. The van der Waals surface area contributed by atoms with Crippen molar-refractivity contribution in [3.63, 3.8) is 0 Å². The van der Waals surface area contributed by atoms with Crippen LogP contribution in [0.5, 0.6) is 0 Å². The molecule has 0 aliphatic rings. The van der Waals surface area contributed by atoms with Gasteiger partial charge in [0.25, 0.3) is 5.91 Å². The van der Waals surface area contributed by atoms with Crippen LogP contribution in [0.3, 0.4) is 0 Å². The molecule has 0 aliphatic carbocycles. The van der Waals surface area contributed by atoms with E-state index in [0.717, 1.165) is 11.1 Å². The fourth-order valence-electron chi connectivity index (χ4n) is 1.40. The third-order valence-electron chi connectivity index (χ3n) is 2.42. The summed E-state index contributed by atoms with van der Waals surface area (Å²) < 4.78 is 0. The number of benzene rings is 1. The first-order chi connectivity index (χ1) is 7.95. The summed E-state index contributed by atoms with van der Waals surface area (Å²) in [6.45, 7) is 2.98. The number of hydrogen-bond donors (Lipinski definition) is 3. The Kier molecular flexibility index (Phi) is 4.23. The molecule has 1 aromatic carbocycles. The van der Waals surface area contributed by atoms with E-state index in [1.807, 2.05) is 13.0 Å². The molecular formula is C12H15NO4. The van der Waals surface area contributed by atoms with E-state index in [0.29, 0.717) is 5.56 Å². The van der Waals surface area contributed by atoms with Crippen molar-refractivity contribution in [3.8, 4) is 0 Å². The molecule has 5 nitrogen and oxygen atoms in total. The molecule has 1 amide bonds. The van der Waals surface area contributed by atoms with Gasteiger partial charge in [0.15, 0.2) is 6.04 Å². The summed E-state index contributed by atoms with van der Waals surface area (Å²) in [5, 5.41) is 19.8. The van der Waals surface area contributed by atoms with Crippen LogP contribution in [0, 0.1) is 13.8 Å². The van der Waals surface area contributed by atoms with Crippen molar-refractivity contribution in [3.05, 3.63) is 34.9 Å². The molecule has 0 radical (unpaired) electrons. The zero-order chi connectivity index (χ0) is 13.0. The number of hydrogen-bond acceptors (Lipinski definition) is 3. The number of aryl methyl sites for hydroxylation is 2. The highest BCUT2D eigenvalue weighted by Gasteiger charge is 2.20. The van der Waals surface area contributed by atoms with Crippen molar-refractivity contribution >= 4 is 11.9 Å². The molecule has 1 aromatic rings. The maximum absolute atomic E-state index is 11.8. The number of amides is 1. The van der Waals surface area contributed by atoms with Gasteiger partial charge in [0.05, 0.1) is 6.61 Å². The van der Waals surface area contributed by atoms with Gasteiger partial charge in [0, 0.05) is 5.56 Å². The van der Waals surface area contributed by atoms with Gasteiger partial charge in [0.2, 0.25) is 0 Å². The molecule has 5 heteroatoms. The first kappa shape index (κ1) is 13.2. The lowest BCUT2D eigenvalue weighted by atomic mass is 10.0. The van der Waals surface area contributed by atoms with Crippen molar-refractivity contribution in [2.75, 3.05) is 6.61 Å². The molecule has 17 heavy (non-hydrogen) atoms. The highest BCUT2D eigenvalue weighted by Crippen LogP contribution is 2.10. The molecule has 1 atom stereocenters. The molecule has 0 spiro atoms. The number of carboxylic acid groups (broad SMARTS) is 1. The van der Waals surface area contributed by atoms with Gasteiger partial charge >= 0.3 is 5.97 Å². The second kappa shape index (κ2) is 5.45. The second-order valence-corrected chi connectivity index (χ2v) is 3.87. The Balaban J connectivity index is 2.89. The number of rotatable bonds is 4. The minimum absolute atomic E-state index is 0.421. The van der Waals surface area contributed by atoms with Gasteiger partial charge in [-0.25, -0.2) is 4.79 Å². The first-order valence-electron chi connectivity index (χ1n) is 5.17. The van der Waals surface area contributed by atoms with Crippen molar-refractivity contribution in [2.24, 2.45) is 0 Å². The van der Waals surface area contributed by atoms with Crippen molar-refractivity contribution in [1.29, 1.82) is 0 Å². The van der Waals surface area contributed by atoms with Gasteiger partial charge in [-0.05, 0) is 25.5 Å². The highest BCUT2D eigenvalue weighted by atomic mass is 16.4. The smallest absolute Gasteiger partial charge is 0.328 e. The van der Waals surface area contributed by atoms with Gasteiger partial charge in [-0.2, -0.15) is 0 Å². The normalized spacial score (nSPS) is 11.9. The second-order valence-electron chi connectivity index (χ2n) is 3.87. The van der Waals surface area contributed by atoms with Crippen LogP contribution >= 0.6 is 0 Å². The van der Waals surface area contributed by atoms with Crippen LogP contribution in [-0.2, 0) is 4.79 Å². The highest BCUT2D eigenvalue weighted by molar-refractivity contribution is 5.97. The lowest BCUT2D eigenvalue weighted by molar-refractivity contribution is -0.140. The third-order valence-corrected chi connectivity index (χ3v) is 2.42. The summed E-state index contributed by atoms with van der Waals surface area (Å²) in [5.74, 6) is -1.75. The summed E-state index contributed by atoms with van der Waals surface area (Å²) in [6.07, 6.45) is 0. The van der Waals surface area contributed by atoms with E-state index >= 15 is 0 Å². The monoisotopic (exact) mass is 237 g/mol. The van der Waals surface area contributed by atoms with E-state index in [2.05, 4.69) is 5.32 Å². The fraction of sp³-hybridized carbons (Fsp3) is 0.333. The van der Waals surface area contributed by atoms with Crippen LogP contribution in [0.4, 0.5) is 0 Å². The standard InChI is InChI=1S/C12H15NO4/c1-7-3-4-8(2)9(5-7)11(15)13-10(6-14)12(16)17/h3-5,10,14H,6H2,1-2H3,(H,13,15)(H,16,17). The van der Waals surface area contributed by atoms with E-state index in [-0.39, 0.29) is 0 Å². The molecule has 0 aliphatic heterocycles. The molecule has 0 saturated heterocycles. The number of carboxylic acids is 1. The molecule has 92 valence electrons. The van der Waals surface area contributed by atoms with Crippen molar-refractivity contribution < 1.29 is 19.8 Å². The Bertz CT molecular complexity index is 442. The summed E-state index contributed by atoms with van der Waals surface area (Å²) in [5.41, 5.74) is 2.09. The van der Waals surface area contributed by atoms with Crippen LogP contribution < -0.4 is 5.32 Å². The first-order valence-corrected chi connectivity index (χ1v) is 5.17. The molecule has 3 N–H and O–H groups in total. The van der Waals surface area contributed by atoms with Crippen molar-refractivity contribution in [2.45, 2.75) is 19.9 Å². The summed E-state index contributed by atoms with van der Waals surface area (Å²) >= 11 is 0. The molecule has 0 fully saturated rings. The Morgan fingerprint density at radius 1 is 1.35 bits per heavy atom. The van der Waals surface area contributed by atoms with Crippen LogP contribution in [0.2, 0.25) is 0 Å². The predicted octanol–water partition coefficient (Wildman–Crippen LogP) is 0.479. The minimum Gasteiger partial charge on any atom is -0.480 e. The summed E-state index contributed by atoms with van der Waals surface area (Å²) in [7, 11) is 0. The largest absolute Gasteiger partial charge is 0.480 e. The molecule has 1 unspecified atom stereocenters. The van der Waals surface area contributed by atoms with E-state index < -0.39 is 24.5 Å². The van der Waals surface area contributed by atoms with Gasteiger partial charge in [0.1, 0.15) is 0 Å². The van der Waals surface area contributed by atoms with Gasteiger partial charge in [-0.1, -0.05) is 17.7 Å². The lowest BCUT2D eigenvalue weighted by Gasteiger charge is -2.13. The fourth-order valence-corrected chi connectivity index (χ4v) is 1.40. The Morgan fingerprint density at radius 2 is 2.00 bits per heavy atom. The van der Waals surface area contributed by atoms with Crippen LogP contribution in [-0.4, -0.2) is 34.7 Å². The van der Waals surface area contributed by atoms with Gasteiger partial charge in [-0.3, -0.25) is 4.79 Å². The molecule has 0 bridgehead atoms. The van der Waals surface area contributed by atoms with Crippen molar-refractivity contribution in [1.82, 2.24) is 5.32 Å². The van der Waals surface area contributed by atoms with Gasteiger partial charge in [-0.15, -0.1) is 0 Å². The summed E-state index contributed by atoms with van der Waals surface area (Å²) in [6, 6.07) is 4.06. The SMILES string of the molecule is Cc1ccc(C)c(C(=O)NC(CO)C(=O)O)c1. The van der Waals surface area contributed by atoms with E-state index in [1.54, 1.807) is 19.1 Å². The van der Waals surface area contributed by atoms with E-state index in [1.165, 1.54) is 0 Å². The maximum Gasteiger partial charge on any atom is 0.328 e. The van der Waals surface area contributed by atoms with Crippen LogP contribution in [0.15, 0.2) is 18.2 Å². The molecule has 0 aromatic heterocycles. The average Bonchev–Trinajstić information content (AvgIpc) is 2.28. The number of carbonyl (C=O) groups excluding carboxylic acids is 1. The van der Waals surface area contributed by atoms with Gasteiger partial charge < -0.3 is 15.5 Å². The Labute approximate surface area is 99.1 Å². The van der Waals surface area contributed by atoms with E-state index in [9.17, 15) is 9.59 Å². The minimum atomic E-state index is -1.28. The number of nitrogens with one attached hydrogen (secondary N) is 1. The zero-order valence-electron chi connectivity index (χ0n) is 9.73.